The summed E-state index contributed by atoms with van der Waals surface area (Å²) in [5.74, 6) is -0.176. The lowest BCUT2D eigenvalue weighted by Crippen LogP contribution is -2.45. The van der Waals surface area contributed by atoms with E-state index < -0.39 is 0 Å². The molecule has 0 aromatic carbocycles. The van der Waals surface area contributed by atoms with Crippen LogP contribution in [0.4, 0.5) is 0 Å². The molecule has 1 saturated heterocycles. The molecular weight excluding hydrogens is 196 g/mol. The van der Waals surface area contributed by atoms with Crippen LogP contribution in [0.3, 0.4) is 0 Å². The Morgan fingerprint density at radius 3 is 3.00 bits per heavy atom. The van der Waals surface area contributed by atoms with Gasteiger partial charge in [-0.05, 0) is 26.2 Å². The van der Waals surface area contributed by atoms with Crippen molar-refractivity contribution in [3.05, 3.63) is 0 Å². The van der Waals surface area contributed by atoms with E-state index in [1.165, 1.54) is 0 Å². The molecule has 1 heterocycles. The molecule has 1 aliphatic rings. The zero-order valence-corrected chi connectivity index (χ0v) is 8.95. The van der Waals surface area contributed by atoms with E-state index >= 15 is 0 Å². The molecule has 0 radical (unpaired) electrons. The molecule has 2 amide bonds. The summed E-state index contributed by atoms with van der Waals surface area (Å²) in [7, 11) is 0. The minimum Gasteiger partial charge on any atom is -0.396 e. The molecule has 1 unspecified atom stereocenters. The summed E-state index contributed by atoms with van der Waals surface area (Å²) in [6.45, 7) is 2.03. The van der Waals surface area contributed by atoms with Crippen LogP contribution in [-0.2, 0) is 9.59 Å². The fraction of sp³-hybridized carbons (Fsp3) is 0.800. The Kier molecular flexibility index (Phi) is 4.55. The van der Waals surface area contributed by atoms with Gasteiger partial charge in [0.25, 0.3) is 0 Å². The fourth-order valence-corrected chi connectivity index (χ4v) is 1.62. The van der Waals surface area contributed by atoms with Crippen LogP contribution in [0.25, 0.3) is 0 Å². The van der Waals surface area contributed by atoms with E-state index in [0.717, 1.165) is 6.42 Å². The lowest BCUT2D eigenvalue weighted by Gasteiger charge is -2.16. The van der Waals surface area contributed by atoms with Crippen molar-refractivity contribution < 1.29 is 14.7 Å². The Bertz CT molecular complexity index is 243. The van der Waals surface area contributed by atoms with E-state index in [4.69, 9.17) is 5.11 Å². The number of aliphatic hydroxyl groups excluding tert-OH is 1. The van der Waals surface area contributed by atoms with Gasteiger partial charge in [0, 0.05) is 19.1 Å². The van der Waals surface area contributed by atoms with Crippen LogP contribution >= 0.6 is 0 Å². The topological polar surface area (TPSA) is 78.4 Å². The predicted molar refractivity (Wildman–Crippen MR) is 55.1 cm³/mol. The second-order valence-electron chi connectivity index (χ2n) is 3.93. The van der Waals surface area contributed by atoms with Gasteiger partial charge in [0.15, 0.2) is 0 Å². The molecule has 5 nitrogen and oxygen atoms in total. The first-order chi connectivity index (χ1) is 7.13. The second kappa shape index (κ2) is 5.70. The molecule has 3 N–H and O–H groups in total. The maximum atomic E-state index is 11.6. The number of hydrogen-bond donors (Lipinski definition) is 3. The molecule has 0 aromatic rings. The van der Waals surface area contributed by atoms with Crippen LogP contribution in [0.5, 0.6) is 0 Å². The second-order valence-corrected chi connectivity index (χ2v) is 3.93. The van der Waals surface area contributed by atoms with Crippen molar-refractivity contribution in [3.63, 3.8) is 0 Å². The van der Waals surface area contributed by atoms with Crippen molar-refractivity contribution in [2.24, 2.45) is 0 Å². The van der Waals surface area contributed by atoms with Crippen molar-refractivity contribution in [1.29, 1.82) is 0 Å². The molecule has 1 aliphatic heterocycles. The van der Waals surface area contributed by atoms with E-state index in [9.17, 15) is 9.59 Å². The third kappa shape index (κ3) is 3.87. The lowest BCUT2D eigenvalue weighted by molar-refractivity contribution is -0.126. The molecule has 2 atom stereocenters. The van der Waals surface area contributed by atoms with E-state index in [0.29, 0.717) is 19.3 Å². The first-order valence-electron chi connectivity index (χ1n) is 5.34. The van der Waals surface area contributed by atoms with Crippen molar-refractivity contribution in [2.45, 2.75) is 44.7 Å². The van der Waals surface area contributed by atoms with E-state index in [2.05, 4.69) is 10.6 Å². The van der Waals surface area contributed by atoms with E-state index in [-0.39, 0.29) is 30.5 Å². The molecule has 1 rings (SSSR count). The minimum atomic E-state index is -0.367. The van der Waals surface area contributed by atoms with Gasteiger partial charge in [-0.2, -0.15) is 0 Å². The average Bonchev–Trinajstić information content (AvgIpc) is 2.61. The summed E-state index contributed by atoms with van der Waals surface area (Å²) < 4.78 is 0. The Hall–Kier alpha value is -1.10. The molecule has 0 aromatic heterocycles. The first kappa shape index (κ1) is 12.0. The Morgan fingerprint density at radius 1 is 1.73 bits per heavy atom. The standard InChI is InChI=1S/C10H18N2O3/c1-7(3-2-6-13)11-10(15)8-4-5-9(14)12-8/h7-8,13H,2-6H2,1H3,(H,11,15)(H,12,14)/t7?,8-/m0/s1. The highest BCUT2D eigenvalue weighted by Crippen LogP contribution is 2.07. The Morgan fingerprint density at radius 2 is 2.47 bits per heavy atom. The number of hydrogen-bond acceptors (Lipinski definition) is 3. The normalized spacial score (nSPS) is 22.3. The highest BCUT2D eigenvalue weighted by Gasteiger charge is 2.27. The van der Waals surface area contributed by atoms with Gasteiger partial charge in [-0.25, -0.2) is 0 Å². The predicted octanol–water partition coefficient (Wildman–Crippen LogP) is -0.458. The summed E-state index contributed by atoms with van der Waals surface area (Å²) in [5.41, 5.74) is 0. The molecule has 0 saturated carbocycles. The molecule has 0 spiro atoms. The first-order valence-corrected chi connectivity index (χ1v) is 5.34. The number of carbonyl (C=O) groups excluding carboxylic acids is 2. The number of aliphatic hydroxyl groups is 1. The zero-order chi connectivity index (χ0) is 11.3. The van der Waals surface area contributed by atoms with E-state index in [1.807, 2.05) is 6.92 Å². The SMILES string of the molecule is CC(CCCO)NC(=O)[C@@H]1CCC(=O)N1. The zero-order valence-electron chi connectivity index (χ0n) is 8.95. The van der Waals surface area contributed by atoms with Gasteiger partial charge in [-0.15, -0.1) is 0 Å². The summed E-state index contributed by atoms with van der Waals surface area (Å²) in [6.07, 6.45) is 2.45. The monoisotopic (exact) mass is 214 g/mol. The minimum absolute atomic E-state index is 0.0437. The van der Waals surface area contributed by atoms with Crippen LogP contribution in [0.2, 0.25) is 0 Å². The van der Waals surface area contributed by atoms with Gasteiger partial charge in [0.2, 0.25) is 11.8 Å². The van der Waals surface area contributed by atoms with Gasteiger partial charge in [0.1, 0.15) is 6.04 Å². The smallest absolute Gasteiger partial charge is 0.242 e. The number of nitrogens with one attached hydrogen (secondary N) is 2. The molecule has 0 aliphatic carbocycles. The maximum absolute atomic E-state index is 11.6. The highest BCUT2D eigenvalue weighted by molar-refractivity contribution is 5.90. The van der Waals surface area contributed by atoms with Gasteiger partial charge < -0.3 is 15.7 Å². The van der Waals surface area contributed by atoms with Crippen LogP contribution in [0.15, 0.2) is 0 Å². The third-order valence-electron chi connectivity index (χ3n) is 2.50. The molecule has 1 fully saturated rings. The van der Waals surface area contributed by atoms with Crippen molar-refractivity contribution in [2.75, 3.05) is 6.61 Å². The van der Waals surface area contributed by atoms with Crippen LogP contribution < -0.4 is 10.6 Å². The van der Waals surface area contributed by atoms with E-state index in [1.54, 1.807) is 0 Å². The van der Waals surface area contributed by atoms with Crippen LogP contribution in [-0.4, -0.2) is 35.6 Å². The third-order valence-corrected chi connectivity index (χ3v) is 2.50. The molecule has 5 heteroatoms. The van der Waals surface area contributed by atoms with Crippen molar-refractivity contribution >= 4 is 11.8 Å². The van der Waals surface area contributed by atoms with Crippen molar-refractivity contribution in [3.8, 4) is 0 Å². The quantitative estimate of drug-likeness (QED) is 0.579. The molecule has 15 heavy (non-hydrogen) atoms. The van der Waals surface area contributed by atoms with Gasteiger partial charge in [-0.1, -0.05) is 0 Å². The lowest BCUT2D eigenvalue weighted by atomic mass is 10.1. The van der Waals surface area contributed by atoms with Gasteiger partial charge in [0.05, 0.1) is 0 Å². The Balaban J connectivity index is 2.25. The summed E-state index contributed by atoms with van der Waals surface area (Å²) in [4.78, 5) is 22.5. The van der Waals surface area contributed by atoms with Crippen LogP contribution in [0, 0.1) is 0 Å². The number of rotatable bonds is 5. The fourth-order valence-electron chi connectivity index (χ4n) is 1.62. The summed E-state index contributed by atoms with van der Waals surface area (Å²) in [6, 6.07) is -0.323. The van der Waals surface area contributed by atoms with Gasteiger partial charge >= 0.3 is 0 Å². The van der Waals surface area contributed by atoms with Crippen LogP contribution in [0.1, 0.15) is 32.6 Å². The summed E-state index contributed by atoms with van der Waals surface area (Å²) in [5, 5.41) is 14.1. The number of amides is 2. The number of carbonyl (C=O) groups is 2. The molecule has 0 bridgehead atoms. The highest BCUT2D eigenvalue weighted by atomic mass is 16.3. The average molecular weight is 214 g/mol. The van der Waals surface area contributed by atoms with Gasteiger partial charge in [-0.3, -0.25) is 9.59 Å². The maximum Gasteiger partial charge on any atom is 0.242 e. The Labute approximate surface area is 89.2 Å². The molecule has 86 valence electrons. The van der Waals surface area contributed by atoms with Crippen molar-refractivity contribution in [1.82, 2.24) is 10.6 Å². The molecular formula is C10H18N2O3. The largest absolute Gasteiger partial charge is 0.396 e. The summed E-state index contributed by atoms with van der Waals surface area (Å²) >= 11 is 0.